The van der Waals surface area contributed by atoms with Crippen molar-refractivity contribution in [3.05, 3.63) is 64.7 Å². The molecule has 0 atom stereocenters. The van der Waals surface area contributed by atoms with Gasteiger partial charge in [-0.25, -0.2) is 0 Å². The fourth-order valence-electron chi connectivity index (χ4n) is 2.63. The van der Waals surface area contributed by atoms with Crippen LogP contribution in [0.5, 0.6) is 0 Å². The van der Waals surface area contributed by atoms with Crippen LogP contribution in [0.1, 0.15) is 29.2 Å². The number of nitrogens with zero attached hydrogens (tertiary/aromatic N) is 1. The molecule has 0 aliphatic rings. The van der Waals surface area contributed by atoms with Gasteiger partial charge in [-0.3, -0.25) is 0 Å². The van der Waals surface area contributed by atoms with Crippen LogP contribution in [0.15, 0.2) is 42.5 Å². The molecule has 2 aromatic rings. The Balaban J connectivity index is 2.26. The average molecular weight is 264 g/mol. The normalized spacial score (nSPS) is 10.1. The van der Waals surface area contributed by atoms with Crippen LogP contribution in [-0.2, 0) is 19.3 Å². The summed E-state index contributed by atoms with van der Waals surface area (Å²) in [5.41, 5.74) is 5.67. The maximum atomic E-state index is 9.18. The molecule has 2 aromatic carbocycles. The van der Waals surface area contributed by atoms with Gasteiger partial charge in [0, 0.05) is 7.05 Å². The number of nitriles is 1. The van der Waals surface area contributed by atoms with E-state index in [1.807, 2.05) is 19.2 Å². The molecule has 2 rings (SSSR count). The zero-order valence-electron chi connectivity index (χ0n) is 12.1. The number of hydrogen-bond acceptors (Lipinski definition) is 2. The third kappa shape index (κ3) is 3.00. The van der Waals surface area contributed by atoms with Gasteiger partial charge in [0.05, 0.1) is 11.3 Å². The highest BCUT2D eigenvalue weighted by molar-refractivity contribution is 5.64. The van der Waals surface area contributed by atoms with Gasteiger partial charge in [0.2, 0.25) is 0 Å². The molecule has 0 fully saturated rings. The Kier molecular flexibility index (Phi) is 4.79. The van der Waals surface area contributed by atoms with E-state index >= 15 is 0 Å². The second-order valence-electron chi connectivity index (χ2n) is 4.83. The minimum absolute atomic E-state index is 0.729. The van der Waals surface area contributed by atoms with E-state index in [0.717, 1.165) is 30.5 Å². The zero-order chi connectivity index (χ0) is 14.4. The monoisotopic (exact) mass is 264 g/mol. The van der Waals surface area contributed by atoms with E-state index in [1.54, 1.807) is 0 Å². The molecular formula is C18H20N2. The summed E-state index contributed by atoms with van der Waals surface area (Å²) in [5, 5.41) is 12.4. The molecule has 0 radical (unpaired) electrons. The molecular weight excluding hydrogens is 244 g/mol. The van der Waals surface area contributed by atoms with Crippen molar-refractivity contribution in [3.63, 3.8) is 0 Å². The Bertz CT molecular complexity index is 609. The minimum Gasteiger partial charge on any atom is -0.387 e. The van der Waals surface area contributed by atoms with Crippen molar-refractivity contribution in [2.75, 3.05) is 12.4 Å². The molecule has 0 bridgehead atoms. The molecule has 0 aliphatic heterocycles. The molecule has 1 N–H and O–H groups in total. The number of nitrogens with one attached hydrogen (secondary N) is 1. The third-order valence-electron chi connectivity index (χ3n) is 3.66. The smallest absolute Gasteiger partial charge is 0.101 e. The lowest BCUT2D eigenvalue weighted by atomic mass is 9.94. The van der Waals surface area contributed by atoms with E-state index in [0.29, 0.717) is 0 Å². The quantitative estimate of drug-likeness (QED) is 0.887. The Morgan fingerprint density at radius 2 is 1.80 bits per heavy atom. The van der Waals surface area contributed by atoms with Gasteiger partial charge in [0.15, 0.2) is 0 Å². The Labute approximate surface area is 121 Å². The van der Waals surface area contributed by atoms with Crippen LogP contribution in [0, 0.1) is 11.3 Å². The largest absolute Gasteiger partial charge is 0.387 e. The summed E-state index contributed by atoms with van der Waals surface area (Å²) in [4.78, 5) is 0. The van der Waals surface area contributed by atoms with E-state index in [-0.39, 0.29) is 0 Å². The highest BCUT2D eigenvalue weighted by atomic mass is 14.8. The molecule has 0 aromatic heterocycles. The van der Waals surface area contributed by atoms with E-state index in [2.05, 4.69) is 48.6 Å². The predicted molar refractivity (Wildman–Crippen MR) is 83.9 cm³/mol. The van der Waals surface area contributed by atoms with Crippen molar-refractivity contribution in [2.45, 2.75) is 26.2 Å². The summed E-state index contributed by atoms with van der Waals surface area (Å²) in [6.07, 6.45) is 2.98. The van der Waals surface area contributed by atoms with Crippen LogP contribution in [0.25, 0.3) is 0 Å². The number of rotatable bonds is 5. The molecule has 20 heavy (non-hydrogen) atoms. The zero-order valence-corrected chi connectivity index (χ0v) is 12.1. The van der Waals surface area contributed by atoms with Crippen molar-refractivity contribution < 1.29 is 0 Å². The van der Waals surface area contributed by atoms with E-state index < -0.39 is 0 Å². The lowest BCUT2D eigenvalue weighted by Crippen LogP contribution is -2.03. The first-order valence-corrected chi connectivity index (χ1v) is 7.06. The van der Waals surface area contributed by atoms with Crippen molar-refractivity contribution in [3.8, 4) is 6.07 Å². The molecule has 0 amide bonds. The molecule has 102 valence electrons. The van der Waals surface area contributed by atoms with Crippen LogP contribution in [-0.4, -0.2) is 7.05 Å². The molecule has 0 aliphatic carbocycles. The fraction of sp³-hybridized carbons (Fsp3) is 0.278. The third-order valence-corrected chi connectivity index (χ3v) is 3.66. The minimum atomic E-state index is 0.729. The van der Waals surface area contributed by atoms with Gasteiger partial charge >= 0.3 is 0 Å². The SMILES string of the molecule is CCc1c(CCc2ccccc2)ccc(C#N)c1NC. The first kappa shape index (κ1) is 14.1. The maximum absolute atomic E-state index is 9.18. The standard InChI is InChI=1S/C18H20N2/c1-3-17-15(10-9-14-7-5-4-6-8-14)11-12-16(13-19)18(17)20-2/h4-8,11-12,20H,3,9-10H2,1-2H3. The van der Waals surface area contributed by atoms with E-state index in [9.17, 15) is 5.26 Å². The summed E-state index contributed by atoms with van der Waals surface area (Å²) < 4.78 is 0. The second-order valence-corrected chi connectivity index (χ2v) is 4.83. The molecule has 2 nitrogen and oxygen atoms in total. The summed E-state index contributed by atoms with van der Waals surface area (Å²) in [6, 6.07) is 16.8. The van der Waals surface area contributed by atoms with Crippen LogP contribution in [0.3, 0.4) is 0 Å². The predicted octanol–water partition coefficient (Wildman–Crippen LogP) is 3.95. The molecule has 0 heterocycles. The second kappa shape index (κ2) is 6.77. The molecule has 0 unspecified atom stereocenters. The first-order valence-electron chi connectivity index (χ1n) is 7.06. The van der Waals surface area contributed by atoms with Crippen LogP contribution < -0.4 is 5.32 Å². The summed E-state index contributed by atoms with van der Waals surface area (Å²) in [5.74, 6) is 0. The number of anilines is 1. The van der Waals surface area contributed by atoms with Crippen LogP contribution >= 0.6 is 0 Å². The van der Waals surface area contributed by atoms with E-state index in [4.69, 9.17) is 0 Å². The van der Waals surface area contributed by atoms with Gasteiger partial charge in [0.25, 0.3) is 0 Å². The van der Waals surface area contributed by atoms with Gasteiger partial charge < -0.3 is 5.32 Å². The summed E-state index contributed by atoms with van der Waals surface area (Å²) >= 11 is 0. The van der Waals surface area contributed by atoms with Gasteiger partial charge in [-0.1, -0.05) is 43.3 Å². The van der Waals surface area contributed by atoms with Crippen molar-refractivity contribution in [1.82, 2.24) is 0 Å². The average Bonchev–Trinajstić information content (AvgIpc) is 2.52. The lowest BCUT2D eigenvalue weighted by Gasteiger charge is -2.15. The number of benzene rings is 2. The first-order chi connectivity index (χ1) is 9.80. The van der Waals surface area contributed by atoms with Crippen molar-refractivity contribution in [1.29, 1.82) is 5.26 Å². The van der Waals surface area contributed by atoms with Gasteiger partial charge in [-0.2, -0.15) is 5.26 Å². The van der Waals surface area contributed by atoms with Crippen molar-refractivity contribution >= 4 is 5.69 Å². The highest BCUT2D eigenvalue weighted by Crippen LogP contribution is 2.26. The fourth-order valence-corrected chi connectivity index (χ4v) is 2.63. The Morgan fingerprint density at radius 1 is 1.05 bits per heavy atom. The van der Waals surface area contributed by atoms with E-state index in [1.165, 1.54) is 16.7 Å². The molecule has 0 saturated carbocycles. The number of aryl methyl sites for hydroxylation is 2. The van der Waals surface area contributed by atoms with Gasteiger partial charge in [-0.05, 0) is 42.0 Å². The van der Waals surface area contributed by atoms with Crippen LogP contribution in [0.4, 0.5) is 5.69 Å². The summed E-state index contributed by atoms with van der Waals surface area (Å²) in [7, 11) is 1.89. The Hall–Kier alpha value is -2.27. The molecule has 2 heteroatoms. The van der Waals surface area contributed by atoms with Gasteiger partial charge in [0.1, 0.15) is 6.07 Å². The number of hydrogen-bond donors (Lipinski definition) is 1. The van der Waals surface area contributed by atoms with Crippen molar-refractivity contribution in [2.24, 2.45) is 0 Å². The topological polar surface area (TPSA) is 35.8 Å². The molecule has 0 saturated heterocycles. The maximum Gasteiger partial charge on any atom is 0.101 e. The molecule has 0 spiro atoms. The van der Waals surface area contributed by atoms with Gasteiger partial charge in [-0.15, -0.1) is 0 Å². The summed E-state index contributed by atoms with van der Waals surface area (Å²) in [6.45, 7) is 2.14. The van der Waals surface area contributed by atoms with Crippen LogP contribution in [0.2, 0.25) is 0 Å². The lowest BCUT2D eigenvalue weighted by molar-refractivity contribution is 0.931. The Morgan fingerprint density at radius 3 is 2.40 bits per heavy atom. The highest BCUT2D eigenvalue weighted by Gasteiger charge is 2.10.